The topological polar surface area (TPSA) is 58.0 Å². The highest BCUT2D eigenvalue weighted by molar-refractivity contribution is 7.93. The molecule has 0 saturated carbocycles. The molecular weight excluding hydrogens is 372 g/mol. The lowest BCUT2D eigenvalue weighted by Crippen LogP contribution is -2.47. The van der Waals surface area contributed by atoms with Crippen LogP contribution in [0.3, 0.4) is 0 Å². The molecule has 4 rings (SSSR count). The Morgan fingerprint density at radius 3 is 2.64 bits per heavy atom. The Bertz CT molecular complexity index is 959. The zero-order valence-electron chi connectivity index (χ0n) is 16.8. The van der Waals surface area contributed by atoms with Crippen LogP contribution in [0.25, 0.3) is 0 Å². The molecule has 1 aromatic heterocycles. The van der Waals surface area contributed by atoms with Crippen LogP contribution in [0.1, 0.15) is 24.1 Å². The highest BCUT2D eigenvalue weighted by atomic mass is 32.2. The van der Waals surface area contributed by atoms with E-state index in [0.717, 1.165) is 50.8 Å². The zero-order chi connectivity index (χ0) is 19.7. The average molecular weight is 401 g/mol. The lowest BCUT2D eigenvalue weighted by molar-refractivity contribution is 0.198. The fourth-order valence-electron chi connectivity index (χ4n) is 3.88. The van der Waals surface area contributed by atoms with Crippen molar-refractivity contribution in [3.05, 3.63) is 47.7 Å². The Labute approximate surface area is 167 Å². The number of hydrogen-bond acceptors (Lipinski definition) is 6. The van der Waals surface area contributed by atoms with Crippen molar-refractivity contribution in [2.75, 3.05) is 51.0 Å². The Morgan fingerprint density at radius 2 is 1.96 bits per heavy atom. The molecule has 6 nitrogen and oxygen atoms in total. The third kappa shape index (κ3) is 3.73. The second-order valence-electron chi connectivity index (χ2n) is 7.50. The second kappa shape index (κ2) is 7.72. The van der Waals surface area contributed by atoms with E-state index in [-0.39, 0.29) is 0 Å². The maximum Gasteiger partial charge on any atom is 0.128 e. The van der Waals surface area contributed by atoms with Crippen LogP contribution in [0.15, 0.2) is 45.8 Å². The Balaban J connectivity index is 1.40. The molecule has 0 bridgehead atoms. The standard InChI is InChI=1S/C21H28N4O2S/c1-16(18-5-4-17-8-13-27-20(17)14-18)24-9-11-25(12-10-24)21-7-6-19(15-23-21)28(3,26)22-2/h4-7,14-16H,8-13H2,1-3H3. The van der Waals surface area contributed by atoms with Crippen molar-refractivity contribution in [2.24, 2.45) is 4.36 Å². The first-order valence-corrected chi connectivity index (χ1v) is 11.7. The monoisotopic (exact) mass is 400 g/mol. The van der Waals surface area contributed by atoms with E-state index < -0.39 is 9.73 Å². The van der Waals surface area contributed by atoms with Crippen LogP contribution in [0.4, 0.5) is 5.82 Å². The van der Waals surface area contributed by atoms with Crippen LogP contribution in [0.5, 0.6) is 5.75 Å². The molecule has 2 aliphatic rings. The average Bonchev–Trinajstić information content (AvgIpc) is 3.21. The fraction of sp³-hybridized carbons (Fsp3) is 0.476. The van der Waals surface area contributed by atoms with Gasteiger partial charge in [-0.1, -0.05) is 12.1 Å². The number of hydrogen-bond donors (Lipinski definition) is 0. The van der Waals surface area contributed by atoms with Gasteiger partial charge in [-0.25, -0.2) is 13.6 Å². The summed E-state index contributed by atoms with van der Waals surface area (Å²) in [5.74, 6) is 1.99. The normalized spacial score (nSPS) is 20.2. The van der Waals surface area contributed by atoms with Crippen LogP contribution >= 0.6 is 0 Å². The predicted octanol–water partition coefficient (Wildman–Crippen LogP) is 2.99. The van der Waals surface area contributed by atoms with Crippen molar-refractivity contribution < 1.29 is 8.95 Å². The van der Waals surface area contributed by atoms with Crippen LogP contribution < -0.4 is 9.64 Å². The SMILES string of the molecule is CN=S(C)(=O)c1ccc(N2CCN(C(C)c3ccc4c(c3)OCC4)CC2)nc1. The highest BCUT2D eigenvalue weighted by Gasteiger charge is 2.24. The van der Waals surface area contributed by atoms with Gasteiger partial charge in [-0.15, -0.1) is 0 Å². The van der Waals surface area contributed by atoms with Crippen LogP contribution in [-0.4, -0.2) is 60.2 Å². The van der Waals surface area contributed by atoms with Gasteiger partial charge in [0.25, 0.3) is 0 Å². The first-order valence-electron chi connectivity index (χ1n) is 9.79. The highest BCUT2D eigenvalue weighted by Crippen LogP contribution is 2.31. The van der Waals surface area contributed by atoms with Gasteiger partial charge in [0.05, 0.1) is 21.2 Å². The van der Waals surface area contributed by atoms with Gasteiger partial charge < -0.3 is 9.64 Å². The molecule has 28 heavy (non-hydrogen) atoms. The number of rotatable bonds is 4. The zero-order valence-corrected chi connectivity index (χ0v) is 17.6. The number of aromatic nitrogens is 1. The van der Waals surface area contributed by atoms with Crippen LogP contribution in [0, 0.1) is 0 Å². The van der Waals surface area contributed by atoms with E-state index >= 15 is 0 Å². The third-order valence-corrected chi connectivity index (χ3v) is 7.71. The van der Waals surface area contributed by atoms with Gasteiger partial charge in [-0.05, 0) is 36.2 Å². The minimum atomic E-state index is -2.33. The van der Waals surface area contributed by atoms with Gasteiger partial charge in [0.1, 0.15) is 11.6 Å². The Kier molecular flexibility index (Phi) is 5.29. The molecule has 0 radical (unpaired) electrons. The molecule has 0 aliphatic carbocycles. The number of nitrogens with zero attached hydrogens (tertiary/aromatic N) is 4. The van der Waals surface area contributed by atoms with E-state index in [4.69, 9.17) is 4.74 Å². The minimum Gasteiger partial charge on any atom is -0.493 e. The largest absolute Gasteiger partial charge is 0.493 e. The predicted molar refractivity (Wildman–Crippen MR) is 113 cm³/mol. The van der Waals surface area contributed by atoms with E-state index in [1.807, 2.05) is 12.1 Å². The molecule has 0 amide bonds. The molecule has 0 spiro atoms. The quantitative estimate of drug-likeness (QED) is 0.790. The van der Waals surface area contributed by atoms with Crippen molar-refractivity contribution in [3.8, 4) is 5.75 Å². The maximum atomic E-state index is 12.3. The lowest BCUT2D eigenvalue weighted by atomic mass is 10.0. The summed E-state index contributed by atoms with van der Waals surface area (Å²) in [5, 5.41) is 0. The summed E-state index contributed by atoms with van der Waals surface area (Å²) < 4.78 is 22.0. The summed E-state index contributed by atoms with van der Waals surface area (Å²) in [7, 11) is -0.738. The van der Waals surface area contributed by atoms with Crippen LogP contribution in [0.2, 0.25) is 0 Å². The summed E-state index contributed by atoms with van der Waals surface area (Å²) in [5.41, 5.74) is 2.64. The Hall–Kier alpha value is -2.12. The molecule has 150 valence electrons. The Morgan fingerprint density at radius 1 is 1.18 bits per heavy atom. The molecule has 1 saturated heterocycles. The van der Waals surface area contributed by atoms with Gasteiger partial charge in [0, 0.05) is 58.1 Å². The first kappa shape index (κ1) is 19.2. The van der Waals surface area contributed by atoms with Crippen molar-refractivity contribution in [1.82, 2.24) is 9.88 Å². The number of anilines is 1. The first-order chi connectivity index (χ1) is 13.5. The molecule has 7 heteroatoms. The van der Waals surface area contributed by atoms with Gasteiger partial charge >= 0.3 is 0 Å². The number of ether oxygens (including phenoxy) is 1. The molecule has 1 fully saturated rings. The van der Waals surface area contributed by atoms with Crippen LogP contribution in [-0.2, 0) is 16.1 Å². The molecule has 2 unspecified atom stereocenters. The molecule has 2 aromatic rings. The van der Waals surface area contributed by atoms with E-state index in [0.29, 0.717) is 10.9 Å². The molecule has 2 aliphatic heterocycles. The van der Waals surface area contributed by atoms with Gasteiger partial charge in [0.15, 0.2) is 0 Å². The number of fused-ring (bicyclic) bond motifs is 1. The van der Waals surface area contributed by atoms with Gasteiger partial charge in [0.2, 0.25) is 0 Å². The summed E-state index contributed by atoms with van der Waals surface area (Å²) in [4.78, 5) is 10.0. The second-order valence-corrected chi connectivity index (χ2v) is 9.94. The smallest absolute Gasteiger partial charge is 0.128 e. The molecule has 3 heterocycles. The van der Waals surface area contributed by atoms with Crippen molar-refractivity contribution in [3.63, 3.8) is 0 Å². The summed E-state index contributed by atoms with van der Waals surface area (Å²) in [6, 6.07) is 10.9. The summed E-state index contributed by atoms with van der Waals surface area (Å²) in [6.07, 6.45) is 4.37. The fourth-order valence-corrected chi connectivity index (χ4v) is 4.66. The molecule has 1 aromatic carbocycles. The van der Waals surface area contributed by atoms with E-state index in [2.05, 4.69) is 44.3 Å². The number of pyridine rings is 1. The number of benzene rings is 1. The van der Waals surface area contributed by atoms with Gasteiger partial charge in [-0.2, -0.15) is 0 Å². The lowest BCUT2D eigenvalue weighted by Gasteiger charge is -2.38. The third-order valence-electron chi connectivity index (χ3n) is 5.90. The molecular formula is C21H28N4O2S. The molecule has 2 atom stereocenters. The summed E-state index contributed by atoms with van der Waals surface area (Å²) in [6.45, 7) is 6.90. The van der Waals surface area contributed by atoms with E-state index in [9.17, 15) is 4.21 Å². The number of piperazine rings is 1. The molecule has 0 N–H and O–H groups in total. The maximum absolute atomic E-state index is 12.3. The van der Waals surface area contributed by atoms with E-state index in [1.165, 1.54) is 11.1 Å². The van der Waals surface area contributed by atoms with Crippen molar-refractivity contribution in [1.29, 1.82) is 0 Å². The van der Waals surface area contributed by atoms with Gasteiger partial charge in [-0.3, -0.25) is 4.90 Å². The van der Waals surface area contributed by atoms with E-state index in [1.54, 1.807) is 19.5 Å². The van der Waals surface area contributed by atoms with Crippen molar-refractivity contribution in [2.45, 2.75) is 24.3 Å². The van der Waals surface area contributed by atoms with Crippen molar-refractivity contribution >= 4 is 15.5 Å². The minimum absolute atomic E-state index is 0.364. The summed E-state index contributed by atoms with van der Waals surface area (Å²) >= 11 is 0.